The van der Waals surface area contributed by atoms with E-state index < -0.39 is 0 Å². The lowest BCUT2D eigenvalue weighted by atomic mass is 10.1. The molecule has 1 saturated carbocycles. The predicted molar refractivity (Wildman–Crippen MR) is 90.1 cm³/mol. The summed E-state index contributed by atoms with van der Waals surface area (Å²) in [7, 11) is 2.20. The Morgan fingerprint density at radius 3 is 2.48 bits per heavy atom. The third-order valence-electron chi connectivity index (χ3n) is 4.37. The Morgan fingerprint density at radius 1 is 1.14 bits per heavy atom. The van der Waals surface area contributed by atoms with Crippen LogP contribution in [-0.2, 0) is 6.42 Å². The molecule has 0 saturated heterocycles. The van der Waals surface area contributed by atoms with Crippen molar-refractivity contribution in [3.8, 4) is 0 Å². The Kier molecular flexibility index (Phi) is 6.27. The first-order valence-electron chi connectivity index (χ1n) is 8.59. The molecule has 2 rings (SSSR count). The second-order valence-corrected chi connectivity index (χ2v) is 6.06. The summed E-state index contributed by atoms with van der Waals surface area (Å²) in [5, 5.41) is 3.40. The summed E-state index contributed by atoms with van der Waals surface area (Å²) < 4.78 is 0. The van der Waals surface area contributed by atoms with Crippen molar-refractivity contribution in [1.82, 2.24) is 9.97 Å². The maximum Gasteiger partial charge on any atom is 0.134 e. The number of aromatic nitrogens is 2. The first kappa shape index (κ1) is 16.1. The molecular weight excluding hydrogens is 260 g/mol. The summed E-state index contributed by atoms with van der Waals surface area (Å²) in [6.45, 7) is 5.26. The van der Waals surface area contributed by atoms with Crippen LogP contribution in [0.15, 0.2) is 6.07 Å². The van der Waals surface area contributed by atoms with Gasteiger partial charge in [0.25, 0.3) is 0 Å². The first-order chi connectivity index (χ1) is 10.2. The van der Waals surface area contributed by atoms with Crippen LogP contribution in [0.4, 0.5) is 11.6 Å². The third kappa shape index (κ3) is 4.58. The summed E-state index contributed by atoms with van der Waals surface area (Å²) in [5.74, 6) is 2.98. The fraction of sp³-hybridized carbons (Fsp3) is 0.765. The van der Waals surface area contributed by atoms with Gasteiger partial charge in [-0.2, -0.15) is 0 Å². The molecule has 4 nitrogen and oxygen atoms in total. The van der Waals surface area contributed by atoms with E-state index in [4.69, 9.17) is 4.98 Å². The first-order valence-corrected chi connectivity index (χ1v) is 8.59. The Balaban J connectivity index is 2.15. The van der Waals surface area contributed by atoms with E-state index in [9.17, 15) is 0 Å². The van der Waals surface area contributed by atoms with Crippen LogP contribution in [0.3, 0.4) is 0 Å². The number of nitrogens with zero attached hydrogens (tertiary/aromatic N) is 3. The molecule has 4 heteroatoms. The summed E-state index contributed by atoms with van der Waals surface area (Å²) in [6.07, 6.45) is 10.0. The molecule has 0 radical (unpaired) electrons. The highest BCUT2D eigenvalue weighted by Crippen LogP contribution is 2.25. The zero-order chi connectivity index (χ0) is 15.1. The zero-order valence-electron chi connectivity index (χ0n) is 13.9. The van der Waals surface area contributed by atoms with Crippen molar-refractivity contribution in [2.75, 3.05) is 23.8 Å². The van der Waals surface area contributed by atoms with E-state index in [-0.39, 0.29) is 0 Å². The molecule has 1 aliphatic rings. The Morgan fingerprint density at radius 2 is 1.86 bits per heavy atom. The summed E-state index contributed by atoms with van der Waals surface area (Å²) in [5.41, 5.74) is 0. The van der Waals surface area contributed by atoms with E-state index in [1.54, 1.807) is 0 Å². The van der Waals surface area contributed by atoms with Gasteiger partial charge in [-0.3, -0.25) is 0 Å². The van der Waals surface area contributed by atoms with Gasteiger partial charge in [0, 0.05) is 32.1 Å². The van der Waals surface area contributed by atoms with E-state index in [2.05, 4.69) is 42.2 Å². The predicted octanol–water partition coefficient (Wildman–Crippen LogP) is 4.02. The van der Waals surface area contributed by atoms with Crippen molar-refractivity contribution in [1.29, 1.82) is 0 Å². The van der Waals surface area contributed by atoms with Crippen molar-refractivity contribution in [2.24, 2.45) is 0 Å². The molecule has 1 aromatic heterocycles. The van der Waals surface area contributed by atoms with E-state index in [0.29, 0.717) is 6.04 Å². The average Bonchev–Trinajstić information content (AvgIpc) is 2.81. The van der Waals surface area contributed by atoms with Gasteiger partial charge in [0.15, 0.2) is 0 Å². The lowest BCUT2D eigenvalue weighted by Crippen LogP contribution is -2.32. The fourth-order valence-electron chi connectivity index (χ4n) is 3.00. The van der Waals surface area contributed by atoms with Crippen molar-refractivity contribution < 1.29 is 0 Å². The standard InChI is InChI=1S/C17H30N4/c1-4-12-18-16-13-17(20-15(5-2)19-16)21(3)14-10-8-6-7-9-11-14/h13-14H,4-12H2,1-3H3,(H,18,19,20). The highest BCUT2D eigenvalue weighted by Gasteiger charge is 2.19. The smallest absolute Gasteiger partial charge is 0.134 e. The minimum Gasteiger partial charge on any atom is -0.370 e. The largest absolute Gasteiger partial charge is 0.370 e. The van der Waals surface area contributed by atoms with Crippen LogP contribution < -0.4 is 10.2 Å². The molecule has 0 aromatic carbocycles. The molecule has 1 aliphatic carbocycles. The molecular formula is C17H30N4. The number of nitrogens with one attached hydrogen (secondary N) is 1. The molecule has 1 heterocycles. The van der Waals surface area contributed by atoms with Gasteiger partial charge >= 0.3 is 0 Å². The quantitative estimate of drug-likeness (QED) is 0.803. The van der Waals surface area contributed by atoms with Gasteiger partial charge in [0.05, 0.1) is 0 Å². The van der Waals surface area contributed by atoms with Crippen LogP contribution in [0.2, 0.25) is 0 Å². The fourth-order valence-corrected chi connectivity index (χ4v) is 3.00. The lowest BCUT2D eigenvalue weighted by molar-refractivity contribution is 0.548. The topological polar surface area (TPSA) is 41.0 Å². The van der Waals surface area contributed by atoms with Crippen molar-refractivity contribution in [2.45, 2.75) is 71.3 Å². The molecule has 0 spiro atoms. The van der Waals surface area contributed by atoms with Crippen LogP contribution in [0.5, 0.6) is 0 Å². The van der Waals surface area contributed by atoms with Crippen LogP contribution >= 0.6 is 0 Å². The van der Waals surface area contributed by atoms with Crippen molar-refractivity contribution in [3.05, 3.63) is 11.9 Å². The molecule has 1 fully saturated rings. The third-order valence-corrected chi connectivity index (χ3v) is 4.37. The summed E-state index contributed by atoms with van der Waals surface area (Å²) in [4.78, 5) is 11.7. The van der Waals surface area contributed by atoms with Gasteiger partial charge in [-0.05, 0) is 19.3 Å². The Hall–Kier alpha value is -1.32. The molecule has 0 bridgehead atoms. The molecule has 1 N–H and O–H groups in total. The van der Waals surface area contributed by atoms with Crippen LogP contribution in [0.1, 0.15) is 64.6 Å². The van der Waals surface area contributed by atoms with Crippen molar-refractivity contribution >= 4 is 11.6 Å². The molecule has 21 heavy (non-hydrogen) atoms. The van der Waals surface area contributed by atoms with E-state index in [0.717, 1.165) is 36.8 Å². The summed E-state index contributed by atoms with van der Waals surface area (Å²) in [6, 6.07) is 2.74. The molecule has 1 aromatic rings. The van der Waals surface area contributed by atoms with Gasteiger partial charge in [0.1, 0.15) is 17.5 Å². The minimum atomic E-state index is 0.631. The van der Waals surface area contributed by atoms with Gasteiger partial charge in [-0.1, -0.05) is 39.5 Å². The van der Waals surface area contributed by atoms with Crippen molar-refractivity contribution in [3.63, 3.8) is 0 Å². The number of aryl methyl sites for hydroxylation is 1. The van der Waals surface area contributed by atoms with Crippen LogP contribution in [0, 0.1) is 0 Å². The monoisotopic (exact) mass is 290 g/mol. The SMILES string of the molecule is CCCNc1cc(N(C)C2CCCCCC2)nc(CC)n1. The molecule has 118 valence electrons. The number of anilines is 2. The lowest BCUT2D eigenvalue weighted by Gasteiger charge is -2.28. The van der Waals surface area contributed by atoms with Gasteiger partial charge in [-0.25, -0.2) is 9.97 Å². The maximum absolute atomic E-state index is 4.74. The highest BCUT2D eigenvalue weighted by atomic mass is 15.2. The van der Waals surface area contributed by atoms with Crippen LogP contribution in [-0.4, -0.2) is 29.6 Å². The van der Waals surface area contributed by atoms with Gasteiger partial charge in [-0.15, -0.1) is 0 Å². The average molecular weight is 290 g/mol. The maximum atomic E-state index is 4.74. The van der Waals surface area contributed by atoms with E-state index >= 15 is 0 Å². The Bertz CT molecular complexity index is 425. The number of hydrogen-bond donors (Lipinski definition) is 1. The van der Waals surface area contributed by atoms with Crippen LogP contribution in [0.25, 0.3) is 0 Å². The molecule has 0 amide bonds. The molecule has 0 aliphatic heterocycles. The molecule has 0 atom stereocenters. The minimum absolute atomic E-state index is 0.631. The van der Waals surface area contributed by atoms with Gasteiger partial charge in [0.2, 0.25) is 0 Å². The summed E-state index contributed by atoms with van der Waals surface area (Å²) >= 11 is 0. The van der Waals surface area contributed by atoms with Gasteiger partial charge < -0.3 is 10.2 Å². The number of hydrogen-bond acceptors (Lipinski definition) is 4. The zero-order valence-corrected chi connectivity index (χ0v) is 13.9. The second-order valence-electron chi connectivity index (χ2n) is 6.06. The second kappa shape index (κ2) is 8.20. The Labute approximate surface area is 129 Å². The number of rotatable bonds is 6. The normalized spacial score (nSPS) is 16.5. The highest BCUT2D eigenvalue weighted by molar-refractivity contribution is 5.49. The van der Waals surface area contributed by atoms with E-state index in [1.807, 2.05) is 0 Å². The van der Waals surface area contributed by atoms with E-state index in [1.165, 1.54) is 38.5 Å². The molecule has 0 unspecified atom stereocenters.